The maximum absolute atomic E-state index is 14.0. The molecule has 0 saturated heterocycles. The Morgan fingerprint density at radius 1 is 1.05 bits per heavy atom. The van der Waals surface area contributed by atoms with Crippen molar-refractivity contribution in [3.63, 3.8) is 0 Å². The van der Waals surface area contributed by atoms with E-state index in [2.05, 4.69) is 9.97 Å². The third kappa shape index (κ3) is 4.18. The molecule has 1 aromatic carbocycles. The van der Waals surface area contributed by atoms with Crippen LogP contribution in [0.15, 0.2) is 53.3 Å². The van der Waals surface area contributed by atoms with Gasteiger partial charge in [-0.05, 0) is 37.6 Å². The van der Waals surface area contributed by atoms with Crippen molar-refractivity contribution in [1.82, 2.24) is 24.4 Å². The van der Waals surface area contributed by atoms with Crippen LogP contribution < -0.4 is 9.47 Å². The molecule has 0 fully saturated rings. The van der Waals surface area contributed by atoms with E-state index in [1.165, 1.54) is 25.2 Å². The number of ether oxygens (including phenoxy) is 2. The quantitative estimate of drug-likeness (QED) is 0.428. The fourth-order valence-corrected chi connectivity index (χ4v) is 4.96. The summed E-state index contributed by atoms with van der Waals surface area (Å²) in [5.41, 5.74) is 2.34. The summed E-state index contributed by atoms with van der Waals surface area (Å²) in [7, 11) is 2.95. The number of ketones is 1. The summed E-state index contributed by atoms with van der Waals surface area (Å²) < 4.78 is 12.6. The lowest BCUT2D eigenvalue weighted by Crippen LogP contribution is -2.34. The minimum Gasteiger partial charge on any atom is -0.480 e. The maximum Gasteiger partial charge on any atom is 0.319 e. The zero-order chi connectivity index (χ0) is 26.4. The number of fused-ring (bicyclic) bond motifs is 1. The molecule has 1 unspecified atom stereocenters. The molecule has 1 atom stereocenters. The van der Waals surface area contributed by atoms with Gasteiger partial charge in [-0.3, -0.25) is 14.5 Å². The summed E-state index contributed by atoms with van der Waals surface area (Å²) >= 11 is 12.4. The fraction of sp³-hybridized carbons (Fsp3) is 0.269. The molecule has 1 aliphatic carbocycles. The van der Waals surface area contributed by atoms with E-state index in [1.807, 2.05) is 30.5 Å². The smallest absolute Gasteiger partial charge is 0.319 e. The molecule has 37 heavy (non-hydrogen) atoms. The summed E-state index contributed by atoms with van der Waals surface area (Å²) in [6, 6.07) is 6.54. The van der Waals surface area contributed by atoms with Crippen LogP contribution in [0.3, 0.4) is 0 Å². The number of hydrogen-bond donors (Lipinski definition) is 0. The van der Waals surface area contributed by atoms with Crippen LogP contribution in [0.1, 0.15) is 54.1 Å². The first-order valence-electron chi connectivity index (χ1n) is 11.5. The Hall–Kier alpha value is -3.69. The molecule has 0 spiro atoms. The standard InChI is InChI=1S/C26H23Cl2N5O4/c1-13(2)32-22-20(30-23(32)17-12-29-26(37-4)31-24(17)36-3)25(35)33(18-11-16(28)9-10-19(18)34)21(22)14-5-7-15(27)8-6-14/h5-9,11-13,21H,10H2,1-4H3. The summed E-state index contributed by atoms with van der Waals surface area (Å²) in [6.45, 7) is 3.97. The van der Waals surface area contributed by atoms with Crippen molar-refractivity contribution in [2.24, 2.45) is 0 Å². The van der Waals surface area contributed by atoms with Crippen LogP contribution in [0, 0.1) is 0 Å². The number of halogens is 2. The third-order valence-corrected chi connectivity index (χ3v) is 6.75. The zero-order valence-corrected chi connectivity index (χ0v) is 22.0. The lowest BCUT2D eigenvalue weighted by atomic mass is 10.0. The molecule has 190 valence electrons. The predicted molar refractivity (Wildman–Crippen MR) is 138 cm³/mol. The van der Waals surface area contributed by atoms with Gasteiger partial charge in [0.25, 0.3) is 5.91 Å². The molecular formula is C26H23Cl2N5O4. The van der Waals surface area contributed by atoms with E-state index in [4.69, 9.17) is 37.7 Å². The number of hydrogen-bond acceptors (Lipinski definition) is 7. The van der Waals surface area contributed by atoms with Gasteiger partial charge >= 0.3 is 6.01 Å². The Labute approximate surface area is 223 Å². The highest BCUT2D eigenvalue weighted by Crippen LogP contribution is 2.46. The summed E-state index contributed by atoms with van der Waals surface area (Å²) in [4.78, 5) is 41.7. The van der Waals surface area contributed by atoms with Crippen molar-refractivity contribution >= 4 is 34.9 Å². The van der Waals surface area contributed by atoms with E-state index in [9.17, 15) is 9.59 Å². The number of Topliss-reactive ketones (excluding diaryl/α,β-unsaturated/α-hetero) is 1. The highest BCUT2D eigenvalue weighted by Gasteiger charge is 2.47. The van der Waals surface area contributed by atoms with Gasteiger partial charge in [0.05, 0.1) is 31.2 Å². The van der Waals surface area contributed by atoms with Gasteiger partial charge in [-0.15, -0.1) is 0 Å². The van der Waals surface area contributed by atoms with Crippen LogP contribution in [0.2, 0.25) is 5.02 Å². The second-order valence-corrected chi connectivity index (χ2v) is 9.66. The van der Waals surface area contributed by atoms with Crippen LogP contribution >= 0.6 is 23.2 Å². The number of methoxy groups -OCH3 is 2. The molecule has 0 N–H and O–H groups in total. The van der Waals surface area contributed by atoms with Crippen LogP contribution in [0.5, 0.6) is 11.9 Å². The van der Waals surface area contributed by atoms with Gasteiger partial charge in [0, 0.05) is 28.7 Å². The number of rotatable bonds is 6. The summed E-state index contributed by atoms with van der Waals surface area (Å²) in [6.07, 6.45) is 4.81. The molecule has 0 saturated carbocycles. The topological polar surface area (TPSA) is 99.4 Å². The predicted octanol–water partition coefficient (Wildman–Crippen LogP) is 5.12. The molecule has 3 heterocycles. The molecule has 1 amide bonds. The number of carbonyl (C=O) groups is 2. The summed E-state index contributed by atoms with van der Waals surface area (Å²) in [5, 5.41) is 0.950. The fourth-order valence-electron chi connectivity index (χ4n) is 4.66. The van der Waals surface area contributed by atoms with Gasteiger partial charge in [0.1, 0.15) is 11.9 Å². The molecule has 2 aliphatic rings. The minimum absolute atomic E-state index is 0.106. The van der Waals surface area contributed by atoms with Crippen LogP contribution in [0.4, 0.5) is 0 Å². The second kappa shape index (κ2) is 9.64. The zero-order valence-electron chi connectivity index (χ0n) is 20.5. The first kappa shape index (κ1) is 25.0. The number of aromatic nitrogens is 4. The van der Waals surface area contributed by atoms with Gasteiger partial charge < -0.3 is 14.0 Å². The molecule has 3 aromatic rings. The summed E-state index contributed by atoms with van der Waals surface area (Å²) in [5.74, 6) is 0.110. The van der Waals surface area contributed by atoms with Gasteiger partial charge in [-0.1, -0.05) is 41.4 Å². The number of amides is 1. The van der Waals surface area contributed by atoms with Crippen molar-refractivity contribution in [2.75, 3.05) is 14.2 Å². The Bertz CT molecular complexity index is 1480. The molecule has 9 nitrogen and oxygen atoms in total. The van der Waals surface area contributed by atoms with E-state index in [0.717, 1.165) is 5.56 Å². The van der Waals surface area contributed by atoms with Gasteiger partial charge in [0.15, 0.2) is 11.5 Å². The maximum atomic E-state index is 14.0. The molecular weight excluding hydrogens is 517 g/mol. The van der Waals surface area contributed by atoms with Gasteiger partial charge in [0.2, 0.25) is 5.88 Å². The van der Waals surface area contributed by atoms with Crippen molar-refractivity contribution in [3.05, 3.63) is 75.3 Å². The van der Waals surface area contributed by atoms with Crippen molar-refractivity contribution in [1.29, 1.82) is 0 Å². The number of benzene rings is 1. The van der Waals surface area contributed by atoms with E-state index in [1.54, 1.807) is 24.4 Å². The normalized spacial score (nSPS) is 17.2. The average molecular weight is 540 g/mol. The molecule has 2 aromatic heterocycles. The monoisotopic (exact) mass is 539 g/mol. The van der Waals surface area contributed by atoms with Crippen molar-refractivity contribution < 1.29 is 19.1 Å². The van der Waals surface area contributed by atoms with Crippen LogP contribution in [-0.2, 0) is 4.79 Å². The molecule has 0 bridgehead atoms. The van der Waals surface area contributed by atoms with Gasteiger partial charge in [-0.2, -0.15) is 4.98 Å². The first-order valence-corrected chi connectivity index (χ1v) is 12.3. The lowest BCUT2D eigenvalue weighted by Gasteiger charge is -2.30. The highest BCUT2D eigenvalue weighted by atomic mass is 35.5. The Kier molecular flexibility index (Phi) is 6.51. The Morgan fingerprint density at radius 3 is 2.43 bits per heavy atom. The number of carbonyl (C=O) groups excluding carboxylic acids is 2. The van der Waals surface area contributed by atoms with E-state index >= 15 is 0 Å². The Morgan fingerprint density at radius 2 is 1.78 bits per heavy atom. The Balaban J connectivity index is 1.77. The minimum atomic E-state index is -0.647. The molecule has 1 aliphatic heterocycles. The number of allylic oxidation sites excluding steroid dienone is 4. The van der Waals surface area contributed by atoms with E-state index in [-0.39, 0.29) is 41.5 Å². The second-order valence-electron chi connectivity index (χ2n) is 8.79. The first-order chi connectivity index (χ1) is 17.7. The number of imidazole rings is 1. The average Bonchev–Trinajstić information content (AvgIpc) is 3.40. The lowest BCUT2D eigenvalue weighted by molar-refractivity contribution is -0.116. The van der Waals surface area contributed by atoms with Crippen molar-refractivity contribution in [2.45, 2.75) is 32.4 Å². The molecule has 5 rings (SSSR count). The molecule has 11 heteroatoms. The third-order valence-electron chi connectivity index (χ3n) is 6.24. The van der Waals surface area contributed by atoms with Crippen molar-refractivity contribution in [3.8, 4) is 23.3 Å². The van der Waals surface area contributed by atoms with E-state index in [0.29, 0.717) is 27.1 Å². The SMILES string of the molecule is COc1ncc(-c2nc3c(n2C(C)C)C(c2ccc(Cl)cc2)N(C2=CC(Cl)=CCC2=O)C3=O)c(OC)n1. The highest BCUT2D eigenvalue weighted by molar-refractivity contribution is 6.32. The van der Waals surface area contributed by atoms with Crippen LogP contribution in [-0.4, -0.2) is 50.3 Å². The van der Waals surface area contributed by atoms with Crippen LogP contribution in [0.25, 0.3) is 11.4 Å². The largest absolute Gasteiger partial charge is 0.480 e. The molecule has 0 radical (unpaired) electrons. The van der Waals surface area contributed by atoms with Gasteiger partial charge in [-0.25, -0.2) is 9.97 Å². The number of nitrogens with zero attached hydrogens (tertiary/aromatic N) is 5. The van der Waals surface area contributed by atoms with E-state index < -0.39 is 11.9 Å².